The number of methoxy groups -OCH3 is 1. The molecule has 1 aromatic rings. The first-order valence-electron chi connectivity index (χ1n) is 6.42. The first-order valence-corrected chi connectivity index (χ1v) is 6.42. The third-order valence-corrected chi connectivity index (χ3v) is 2.86. The van der Waals surface area contributed by atoms with E-state index in [2.05, 4.69) is 23.5 Å². The third-order valence-electron chi connectivity index (χ3n) is 2.86. The molecule has 3 nitrogen and oxygen atoms in total. The number of benzene rings is 1. The van der Waals surface area contributed by atoms with Crippen molar-refractivity contribution in [1.29, 1.82) is 0 Å². The molecule has 1 unspecified atom stereocenters. The van der Waals surface area contributed by atoms with Gasteiger partial charge in [-0.3, -0.25) is 0 Å². The molecule has 0 radical (unpaired) electrons. The highest BCUT2D eigenvalue weighted by molar-refractivity contribution is 5.89. The van der Waals surface area contributed by atoms with Crippen LogP contribution in [0.25, 0.3) is 0 Å². The molecule has 0 aliphatic carbocycles. The Labute approximate surface area is 114 Å². The van der Waals surface area contributed by atoms with E-state index in [1.54, 1.807) is 31.2 Å². The van der Waals surface area contributed by atoms with Crippen LogP contribution < -0.4 is 0 Å². The molecule has 19 heavy (non-hydrogen) atoms. The maximum absolute atomic E-state index is 11.3. The maximum atomic E-state index is 11.3. The van der Waals surface area contributed by atoms with Crippen molar-refractivity contribution < 1.29 is 14.6 Å². The Hall–Kier alpha value is -1.79. The Balaban J connectivity index is 2.83. The molecule has 0 aliphatic heterocycles. The van der Waals surface area contributed by atoms with E-state index in [0.29, 0.717) is 11.1 Å². The van der Waals surface area contributed by atoms with Gasteiger partial charge in [0.25, 0.3) is 0 Å². The van der Waals surface area contributed by atoms with Crippen LogP contribution in [-0.4, -0.2) is 18.2 Å². The number of rotatable bonds is 4. The van der Waals surface area contributed by atoms with Crippen LogP contribution in [0.1, 0.15) is 49.0 Å². The maximum Gasteiger partial charge on any atom is 0.337 e. The minimum absolute atomic E-state index is 0.389. The second-order valence-electron chi connectivity index (χ2n) is 4.55. The van der Waals surface area contributed by atoms with Gasteiger partial charge in [-0.1, -0.05) is 37.3 Å². The molecule has 1 rings (SSSR count). The molecule has 0 heterocycles. The van der Waals surface area contributed by atoms with Crippen molar-refractivity contribution in [2.24, 2.45) is 0 Å². The van der Waals surface area contributed by atoms with Gasteiger partial charge < -0.3 is 9.84 Å². The molecular formula is C16H20O3. The minimum Gasteiger partial charge on any atom is -0.465 e. The molecule has 0 amide bonds. The zero-order valence-electron chi connectivity index (χ0n) is 11.7. The monoisotopic (exact) mass is 260 g/mol. The molecule has 0 saturated carbocycles. The number of carbonyl (C=O) groups is 1. The van der Waals surface area contributed by atoms with Gasteiger partial charge >= 0.3 is 5.97 Å². The van der Waals surface area contributed by atoms with E-state index in [9.17, 15) is 9.90 Å². The van der Waals surface area contributed by atoms with Gasteiger partial charge in [0.1, 0.15) is 5.60 Å². The van der Waals surface area contributed by atoms with Gasteiger partial charge in [0.05, 0.1) is 12.7 Å². The van der Waals surface area contributed by atoms with Crippen LogP contribution in [0.5, 0.6) is 0 Å². The van der Waals surface area contributed by atoms with E-state index in [1.165, 1.54) is 7.11 Å². The standard InChI is InChI=1S/C16H20O3/c1-4-5-6-7-12-16(2,18)14-10-8-13(9-11-14)15(17)19-3/h8-11,18H,4-6H2,1-3H3. The zero-order valence-corrected chi connectivity index (χ0v) is 11.7. The number of hydrogen-bond acceptors (Lipinski definition) is 3. The summed E-state index contributed by atoms with van der Waals surface area (Å²) in [5, 5.41) is 10.3. The van der Waals surface area contributed by atoms with Crippen molar-refractivity contribution in [1.82, 2.24) is 0 Å². The predicted octanol–water partition coefficient (Wildman–Crippen LogP) is 2.87. The van der Waals surface area contributed by atoms with Gasteiger partial charge in [0.2, 0.25) is 0 Å². The summed E-state index contributed by atoms with van der Waals surface area (Å²) >= 11 is 0. The third kappa shape index (κ3) is 4.42. The van der Waals surface area contributed by atoms with Gasteiger partial charge in [-0.15, -0.1) is 0 Å². The number of unbranched alkanes of at least 4 members (excludes halogenated alkanes) is 2. The van der Waals surface area contributed by atoms with Crippen LogP contribution in [0.2, 0.25) is 0 Å². The summed E-state index contributed by atoms with van der Waals surface area (Å²) in [6.45, 7) is 3.75. The molecule has 0 fully saturated rings. The normalized spacial score (nSPS) is 13.1. The van der Waals surface area contributed by atoms with E-state index in [0.717, 1.165) is 19.3 Å². The van der Waals surface area contributed by atoms with Gasteiger partial charge in [-0.25, -0.2) is 4.79 Å². The quantitative estimate of drug-likeness (QED) is 0.514. The molecule has 0 saturated heterocycles. The summed E-state index contributed by atoms with van der Waals surface area (Å²) in [5.74, 6) is 5.46. The van der Waals surface area contributed by atoms with E-state index in [4.69, 9.17) is 0 Å². The van der Waals surface area contributed by atoms with Gasteiger partial charge in [0, 0.05) is 6.42 Å². The molecule has 0 spiro atoms. The van der Waals surface area contributed by atoms with Crippen molar-refractivity contribution in [2.75, 3.05) is 7.11 Å². The number of carbonyl (C=O) groups excluding carboxylic acids is 1. The smallest absolute Gasteiger partial charge is 0.337 e. The molecule has 0 bridgehead atoms. The average Bonchev–Trinajstić information content (AvgIpc) is 2.43. The minimum atomic E-state index is -1.19. The lowest BCUT2D eigenvalue weighted by molar-refractivity contribution is 0.0600. The van der Waals surface area contributed by atoms with Crippen molar-refractivity contribution in [3.8, 4) is 11.8 Å². The Bertz CT molecular complexity index is 475. The number of hydrogen-bond donors (Lipinski definition) is 1. The Morgan fingerprint density at radius 2 is 2.00 bits per heavy atom. The number of ether oxygens (including phenoxy) is 1. The lowest BCUT2D eigenvalue weighted by Gasteiger charge is -2.17. The molecule has 1 N–H and O–H groups in total. The first-order chi connectivity index (χ1) is 9.01. The summed E-state index contributed by atoms with van der Waals surface area (Å²) < 4.78 is 4.62. The fourth-order valence-electron chi connectivity index (χ4n) is 1.62. The molecule has 1 atom stereocenters. The first kappa shape index (κ1) is 15.3. The molecule has 0 aromatic heterocycles. The average molecular weight is 260 g/mol. The van der Waals surface area contributed by atoms with Crippen LogP contribution >= 0.6 is 0 Å². The van der Waals surface area contributed by atoms with Gasteiger partial charge in [-0.05, 0) is 31.0 Å². The van der Waals surface area contributed by atoms with Crippen LogP contribution in [0.3, 0.4) is 0 Å². The molecule has 3 heteroatoms. The van der Waals surface area contributed by atoms with Gasteiger partial charge in [0.15, 0.2) is 0 Å². The van der Waals surface area contributed by atoms with Crippen molar-refractivity contribution in [3.05, 3.63) is 35.4 Å². The second kappa shape index (κ2) is 6.96. The van der Waals surface area contributed by atoms with E-state index in [1.807, 2.05) is 0 Å². The highest BCUT2D eigenvalue weighted by Crippen LogP contribution is 2.20. The molecule has 102 valence electrons. The Morgan fingerprint density at radius 1 is 1.37 bits per heavy atom. The topological polar surface area (TPSA) is 46.5 Å². The lowest BCUT2D eigenvalue weighted by Crippen LogP contribution is -2.18. The summed E-state index contributed by atoms with van der Waals surface area (Å²) in [4.78, 5) is 11.3. The Kier molecular flexibility index (Phi) is 5.59. The Morgan fingerprint density at radius 3 is 2.53 bits per heavy atom. The largest absolute Gasteiger partial charge is 0.465 e. The number of aliphatic hydroxyl groups is 1. The number of esters is 1. The summed E-state index contributed by atoms with van der Waals surface area (Å²) in [6.07, 6.45) is 2.90. The second-order valence-corrected chi connectivity index (χ2v) is 4.55. The molecular weight excluding hydrogens is 240 g/mol. The van der Waals surface area contributed by atoms with Crippen LogP contribution in [0.15, 0.2) is 24.3 Å². The molecule has 0 aliphatic rings. The fourth-order valence-corrected chi connectivity index (χ4v) is 1.62. The van der Waals surface area contributed by atoms with E-state index < -0.39 is 5.60 Å². The highest BCUT2D eigenvalue weighted by atomic mass is 16.5. The van der Waals surface area contributed by atoms with E-state index in [-0.39, 0.29) is 5.97 Å². The molecule has 1 aromatic carbocycles. The summed E-state index contributed by atoms with van der Waals surface area (Å²) in [7, 11) is 1.34. The van der Waals surface area contributed by atoms with Crippen LogP contribution in [0, 0.1) is 11.8 Å². The van der Waals surface area contributed by atoms with Gasteiger partial charge in [-0.2, -0.15) is 0 Å². The summed E-state index contributed by atoms with van der Waals surface area (Å²) in [6, 6.07) is 6.65. The summed E-state index contributed by atoms with van der Waals surface area (Å²) in [5.41, 5.74) is -0.0623. The lowest BCUT2D eigenvalue weighted by atomic mass is 9.95. The van der Waals surface area contributed by atoms with Crippen LogP contribution in [-0.2, 0) is 10.3 Å². The predicted molar refractivity (Wildman–Crippen MR) is 74.7 cm³/mol. The highest BCUT2D eigenvalue weighted by Gasteiger charge is 2.20. The van der Waals surface area contributed by atoms with E-state index >= 15 is 0 Å². The zero-order chi connectivity index (χ0) is 14.3. The van der Waals surface area contributed by atoms with Crippen molar-refractivity contribution in [3.63, 3.8) is 0 Å². The van der Waals surface area contributed by atoms with Crippen molar-refractivity contribution in [2.45, 2.75) is 38.7 Å². The SMILES string of the molecule is CCCCC#CC(C)(O)c1ccc(C(=O)OC)cc1. The van der Waals surface area contributed by atoms with Crippen LogP contribution in [0.4, 0.5) is 0 Å². The fraction of sp³-hybridized carbons (Fsp3) is 0.438. The van der Waals surface area contributed by atoms with Crippen molar-refractivity contribution >= 4 is 5.97 Å².